The summed E-state index contributed by atoms with van der Waals surface area (Å²) in [5, 5.41) is 0. The van der Waals surface area contributed by atoms with E-state index in [2.05, 4.69) is 32.6 Å². The molecule has 1 rings (SSSR count). The molecule has 0 amide bonds. The lowest BCUT2D eigenvalue weighted by molar-refractivity contribution is -0.128. The van der Waals surface area contributed by atoms with Gasteiger partial charge in [0.25, 0.3) is 0 Å². The van der Waals surface area contributed by atoms with Gasteiger partial charge in [0.15, 0.2) is 0 Å². The van der Waals surface area contributed by atoms with Crippen molar-refractivity contribution in [1.82, 2.24) is 4.90 Å². The normalized spacial score (nSPS) is 32.3. The summed E-state index contributed by atoms with van der Waals surface area (Å²) >= 11 is 0. The number of ketones is 1. The Morgan fingerprint density at radius 1 is 1.27 bits per heavy atom. The standard InChI is InChI=1S/C13H25NO/c1-5-14(6-2)9-12-11(4)7-10(3)8-13(12)15/h10-12H,5-9H2,1-4H3. The molecule has 3 atom stereocenters. The van der Waals surface area contributed by atoms with E-state index in [0.717, 1.165) is 26.1 Å². The summed E-state index contributed by atoms with van der Waals surface area (Å²) in [7, 11) is 0. The van der Waals surface area contributed by atoms with Crippen LogP contribution in [0.2, 0.25) is 0 Å². The second-order valence-electron chi connectivity index (χ2n) is 5.08. The van der Waals surface area contributed by atoms with Gasteiger partial charge in [-0.3, -0.25) is 4.79 Å². The second-order valence-corrected chi connectivity index (χ2v) is 5.08. The van der Waals surface area contributed by atoms with Crippen LogP contribution in [0.25, 0.3) is 0 Å². The lowest BCUT2D eigenvalue weighted by Gasteiger charge is -2.34. The average molecular weight is 211 g/mol. The molecule has 0 aliphatic heterocycles. The van der Waals surface area contributed by atoms with E-state index >= 15 is 0 Å². The van der Waals surface area contributed by atoms with Crippen molar-refractivity contribution in [2.45, 2.75) is 40.5 Å². The number of carbonyl (C=O) groups is 1. The number of carbonyl (C=O) groups excluding carboxylic acids is 1. The molecule has 0 spiro atoms. The highest BCUT2D eigenvalue weighted by molar-refractivity contribution is 5.82. The maximum absolute atomic E-state index is 12.0. The monoisotopic (exact) mass is 211 g/mol. The number of hydrogen-bond donors (Lipinski definition) is 0. The molecule has 88 valence electrons. The molecule has 1 aliphatic rings. The fourth-order valence-electron chi connectivity index (χ4n) is 2.74. The minimum Gasteiger partial charge on any atom is -0.303 e. The van der Waals surface area contributed by atoms with Crippen molar-refractivity contribution >= 4 is 5.78 Å². The first kappa shape index (κ1) is 12.7. The van der Waals surface area contributed by atoms with Gasteiger partial charge < -0.3 is 4.90 Å². The SMILES string of the molecule is CCN(CC)CC1C(=O)CC(C)CC1C. The summed E-state index contributed by atoms with van der Waals surface area (Å²) in [4.78, 5) is 14.3. The van der Waals surface area contributed by atoms with Gasteiger partial charge in [0.2, 0.25) is 0 Å². The second kappa shape index (κ2) is 5.64. The Hall–Kier alpha value is -0.370. The maximum atomic E-state index is 12.0. The average Bonchev–Trinajstić information content (AvgIpc) is 2.17. The molecule has 0 aromatic carbocycles. The van der Waals surface area contributed by atoms with Crippen LogP contribution < -0.4 is 0 Å². The summed E-state index contributed by atoms with van der Waals surface area (Å²) < 4.78 is 0. The lowest BCUT2D eigenvalue weighted by Crippen LogP contribution is -2.40. The Labute approximate surface area is 94.0 Å². The van der Waals surface area contributed by atoms with E-state index < -0.39 is 0 Å². The molecule has 0 radical (unpaired) electrons. The van der Waals surface area contributed by atoms with E-state index in [9.17, 15) is 4.79 Å². The van der Waals surface area contributed by atoms with Crippen molar-refractivity contribution in [3.63, 3.8) is 0 Å². The largest absolute Gasteiger partial charge is 0.303 e. The van der Waals surface area contributed by atoms with E-state index in [0.29, 0.717) is 23.5 Å². The first-order valence-corrected chi connectivity index (χ1v) is 6.33. The number of rotatable bonds is 4. The number of Topliss-reactive ketones (excluding diaryl/α,β-unsaturated/α-hetero) is 1. The van der Waals surface area contributed by atoms with Crippen molar-refractivity contribution in [2.75, 3.05) is 19.6 Å². The lowest BCUT2D eigenvalue weighted by atomic mass is 9.74. The Balaban J connectivity index is 2.55. The predicted octanol–water partition coefficient (Wildman–Crippen LogP) is 2.58. The molecule has 2 heteroatoms. The smallest absolute Gasteiger partial charge is 0.137 e. The van der Waals surface area contributed by atoms with Gasteiger partial charge in [-0.15, -0.1) is 0 Å². The van der Waals surface area contributed by atoms with Crippen LogP contribution in [0, 0.1) is 17.8 Å². The van der Waals surface area contributed by atoms with Crippen LogP contribution in [0.5, 0.6) is 0 Å². The van der Waals surface area contributed by atoms with E-state index in [1.165, 1.54) is 6.42 Å². The van der Waals surface area contributed by atoms with E-state index in [1.54, 1.807) is 0 Å². The molecular formula is C13H25NO. The minimum atomic E-state index is 0.293. The molecule has 2 nitrogen and oxygen atoms in total. The van der Waals surface area contributed by atoms with Crippen molar-refractivity contribution in [2.24, 2.45) is 17.8 Å². The van der Waals surface area contributed by atoms with Crippen LogP contribution >= 0.6 is 0 Å². The molecule has 1 aliphatic carbocycles. The van der Waals surface area contributed by atoms with Crippen LogP contribution in [0.15, 0.2) is 0 Å². The summed E-state index contributed by atoms with van der Waals surface area (Å²) in [5.74, 6) is 1.96. The number of nitrogens with zero attached hydrogens (tertiary/aromatic N) is 1. The van der Waals surface area contributed by atoms with Gasteiger partial charge in [-0.25, -0.2) is 0 Å². The van der Waals surface area contributed by atoms with Gasteiger partial charge in [-0.05, 0) is 31.3 Å². The third kappa shape index (κ3) is 3.30. The molecule has 0 aromatic heterocycles. The molecule has 1 saturated carbocycles. The maximum Gasteiger partial charge on any atom is 0.137 e. The summed E-state index contributed by atoms with van der Waals surface area (Å²) in [6.07, 6.45) is 2.02. The Kier molecular flexibility index (Phi) is 4.78. The molecule has 0 saturated heterocycles. The Bertz CT molecular complexity index is 211. The van der Waals surface area contributed by atoms with Crippen molar-refractivity contribution in [3.05, 3.63) is 0 Å². The van der Waals surface area contributed by atoms with Crippen LogP contribution in [0.3, 0.4) is 0 Å². The van der Waals surface area contributed by atoms with Crippen LogP contribution in [-0.2, 0) is 4.79 Å². The minimum absolute atomic E-state index is 0.293. The molecule has 0 bridgehead atoms. The van der Waals surface area contributed by atoms with Gasteiger partial charge in [-0.2, -0.15) is 0 Å². The van der Waals surface area contributed by atoms with Gasteiger partial charge in [0.1, 0.15) is 5.78 Å². The highest BCUT2D eigenvalue weighted by Gasteiger charge is 2.32. The zero-order chi connectivity index (χ0) is 11.4. The highest BCUT2D eigenvalue weighted by Crippen LogP contribution is 2.31. The van der Waals surface area contributed by atoms with Crippen LogP contribution in [0.1, 0.15) is 40.5 Å². The van der Waals surface area contributed by atoms with Crippen LogP contribution in [0.4, 0.5) is 0 Å². The van der Waals surface area contributed by atoms with Crippen LogP contribution in [-0.4, -0.2) is 30.3 Å². The first-order valence-electron chi connectivity index (χ1n) is 6.33. The quantitative estimate of drug-likeness (QED) is 0.712. The Morgan fingerprint density at radius 2 is 1.87 bits per heavy atom. The third-order valence-electron chi connectivity index (χ3n) is 3.77. The molecule has 0 N–H and O–H groups in total. The van der Waals surface area contributed by atoms with Gasteiger partial charge in [0, 0.05) is 18.9 Å². The highest BCUT2D eigenvalue weighted by atomic mass is 16.1. The Morgan fingerprint density at radius 3 is 2.33 bits per heavy atom. The molecule has 3 unspecified atom stereocenters. The third-order valence-corrected chi connectivity index (χ3v) is 3.77. The van der Waals surface area contributed by atoms with E-state index in [-0.39, 0.29) is 0 Å². The summed E-state index contributed by atoms with van der Waals surface area (Å²) in [6.45, 7) is 11.9. The fourth-order valence-corrected chi connectivity index (χ4v) is 2.74. The topological polar surface area (TPSA) is 20.3 Å². The van der Waals surface area contributed by atoms with Crippen molar-refractivity contribution < 1.29 is 4.79 Å². The van der Waals surface area contributed by atoms with Crippen molar-refractivity contribution in [3.8, 4) is 0 Å². The fraction of sp³-hybridized carbons (Fsp3) is 0.923. The van der Waals surface area contributed by atoms with Gasteiger partial charge in [0.05, 0.1) is 0 Å². The van der Waals surface area contributed by atoms with Crippen molar-refractivity contribution in [1.29, 1.82) is 0 Å². The zero-order valence-electron chi connectivity index (χ0n) is 10.6. The first-order chi connectivity index (χ1) is 7.08. The molecule has 15 heavy (non-hydrogen) atoms. The molecular weight excluding hydrogens is 186 g/mol. The molecule has 0 aromatic rings. The molecule has 0 heterocycles. The van der Waals surface area contributed by atoms with Gasteiger partial charge in [-0.1, -0.05) is 27.7 Å². The zero-order valence-corrected chi connectivity index (χ0v) is 10.6. The molecule has 1 fully saturated rings. The van der Waals surface area contributed by atoms with E-state index in [1.807, 2.05) is 0 Å². The summed E-state index contributed by atoms with van der Waals surface area (Å²) in [5.41, 5.74) is 0. The van der Waals surface area contributed by atoms with Gasteiger partial charge >= 0.3 is 0 Å². The predicted molar refractivity (Wildman–Crippen MR) is 63.8 cm³/mol. The summed E-state index contributed by atoms with van der Waals surface area (Å²) in [6, 6.07) is 0. The number of hydrogen-bond acceptors (Lipinski definition) is 2. The van der Waals surface area contributed by atoms with E-state index in [4.69, 9.17) is 0 Å².